The summed E-state index contributed by atoms with van der Waals surface area (Å²) in [5.41, 5.74) is 3.03. The Balaban J connectivity index is 2.18. The Kier molecular flexibility index (Phi) is 2.45. The van der Waals surface area contributed by atoms with E-state index in [0.29, 0.717) is 12.5 Å². The standard InChI is InChI=1S/C11H15N3O2S/c1-17(15,16)11-13-9-6-12-5-4-8(9)10(14-11)7-2-3-7/h7,12H,2-6H2,1H3. The van der Waals surface area contributed by atoms with Crippen LogP contribution in [0.2, 0.25) is 0 Å². The van der Waals surface area contributed by atoms with Gasteiger partial charge in [0.25, 0.3) is 0 Å². The molecule has 0 saturated heterocycles. The fraction of sp³-hybridized carbons (Fsp3) is 0.636. The van der Waals surface area contributed by atoms with Gasteiger partial charge in [0.2, 0.25) is 15.0 Å². The molecule has 0 bridgehead atoms. The summed E-state index contributed by atoms with van der Waals surface area (Å²) in [4.78, 5) is 8.49. The number of hydrogen-bond acceptors (Lipinski definition) is 5. The van der Waals surface area contributed by atoms with E-state index in [-0.39, 0.29) is 5.16 Å². The second kappa shape index (κ2) is 3.74. The molecule has 1 N–H and O–H groups in total. The summed E-state index contributed by atoms with van der Waals surface area (Å²) in [7, 11) is -3.31. The fourth-order valence-corrected chi connectivity index (χ4v) is 2.77. The molecule has 1 saturated carbocycles. The number of aromatic nitrogens is 2. The van der Waals surface area contributed by atoms with E-state index in [2.05, 4.69) is 15.3 Å². The molecule has 0 amide bonds. The molecule has 3 rings (SSSR count). The summed E-state index contributed by atoms with van der Waals surface area (Å²) >= 11 is 0. The van der Waals surface area contributed by atoms with Crippen LogP contribution in [0.1, 0.15) is 35.7 Å². The Hall–Kier alpha value is -1.01. The lowest BCUT2D eigenvalue weighted by molar-refractivity contribution is 0.574. The van der Waals surface area contributed by atoms with Crippen molar-refractivity contribution in [2.24, 2.45) is 0 Å². The number of rotatable bonds is 2. The minimum atomic E-state index is -3.31. The molecule has 1 fully saturated rings. The predicted molar refractivity (Wildman–Crippen MR) is 62.5 cm³/mol. The smallest absolute Gasteiger partial charge is 0.247 e. The summed E-state index contributed by atoms with van der Waals surface area (Å²) in [6, 6.07) is 0. The third-order valence-electron chi connectivity index (χ3n) is 3.24. The number of sulfone groups is 1. The zero-order chi connectivity index (χ0) is 12.0. The lowest BCUT2D eigenvalue weighted by atomic mass is 10.0. The van der Waals surface area contributed by atoms with Crippen molar-refractivity contribution in [3.05, 3.63) is 17.0 Å². The van der Waals surface area contributed by atoms with Gasteiger partial charge in [-0.3, -0.25) is 0 Å². The molecular weight excluding hydrogens is 238 g/mol. The highest BCUT2D eigenvalue weighted by Crippen LogP contribution is 2.41. The minimum Gasteiger partial charge on any atom is -0.311 e. The minimum absolute atomic E-state index is 0.0122. The Labute approximate surface area is 101 Å². The quantitative estimate of drug-likeness (QED) is 0.773. The van der Waals surface area contributed by atoms with Crippen molar-refractivity contribution in [3.63, 3.8) is 0 Å². The van der Waals surface area contributed by atoms with Gasteiger partial charge in [0.15, 0.2) is 0 Å². The molecule has 92 valence electrons. The number of hydrogen-bond donors (Lipinski definition) is 1. The van der Waals surface area contributed by atoms with Crippen LogP contribution in [0.4, 0.5) is 0 Å². The molecule has 6 heteroatoms. The summed E-state index contributed by atoms with van der Waals surface area (Å²) in [5.74, 6) is 0.463. The van der Waals surface area contributed by atoms with E-state index < -0.39 is 9.84 Å². The van der Waals surface area contributed by atoms with Gasteiger partial charge in [-0.05, 0) is 31.4 Å². The molecule has 1 aliphatic carbocycles. The average molecular weight is 253 g/mol. The predicted octanol–water partition coefficient (Wildman–Crippen LogP) is 0.403. The molecule has 0 unspecified atom stereocenters. The van der Waals surface area contributed by atoms with Gasteiger partial charge >= 0.3 is 0 Å². The topological polar surface area (TPSA) is 72.0 Å². The normalized spacial score (nSPS) is 20.1. The van der Waals surface area contributed by atoms with Crippen molar-refractivity contribution in [2.75, 3.05) is 12.8 Å². The van der Waals surface area contributed by atoms with Crippen molar-refractivity contribution in [1.82, 2.24) is 15.3 Å². The zero-order valence-corrected chi connectivity index (χ0v) is 10.5. The van der Waals surface area contributed by atoms with Crippen LogP contribution in [-0.2, 0) is 22.8 Å². The number of nitrogens with one attached hydrogen (secondary N) is 1. The SMILES string of the molecule is CS(=O)(=O)c1nc2c(c(C3CC3)n1)CCNC2. The molecule has 0 spiro atoms. The second-order valence-electron chi connectivity index (χ2n) is 4.79. The van der Waals surface area contributed by atoms with Gasteiger partial charge in [-0.25, -0.2) is 18.4 Å². The van der Waals surface area contributed by atoms with Crippen molar-refractivity contribution < 1.29 is 8.42 Å². The lowest BCUT2D eigenvalue weighted by Gasteiger charge is -2.19. The summed E-state index contributed by atoms with van der Waals surface area (Å²) in [6.07, 6.45) is 4.33. The molecule has 2 heterocycles. The largest absolute Gasteiger partial charge is 0.311 e. The molecule has 1 aromatic rings. The maximum absolute atomic E-state index is 11.6. The van der Waals surface area contributed by atoms with Crippen LogP contribution >= 0.6 is 0 Å². The van der Waals surface area contributed by atoms with Gasteiger partial charge in [-0.2, -0.15) is 0 Å². The van der Waals surface area contributed by atoms with Gasteiger partial charge < -0.3 is 5.32 Å². The van der Waals surface area contributed by atoms with Gasteiger partial charge in [0.1, 0.15) is 0 Å². The molecule has 0 radical (unpaired) electrons. The monoisotopic (exact) mass is 253 g/mol. The maximum Gasteiger partial charge on any atom is 0.247 e. The molecular formula is C11H15N3O2S. The highest BCUT2D eigenvalue weighted by molar-refractivity contribution is 7.90. The number of nitrogens with zero attached hydrogens (tertiary/aromatic N) is 2. The zero-order valence-electron chi connectivity index (χ0n) is 9.73. The fourth-order valence-electron chi connectivity index (χ4n) is 2.23. The van der Waals surface area contributed by atoms with E-state index in [1.807, 2.05) is 0 Å². The van der Waals surface area contributed by atoms with E-state index in [1.165, 1.54) is 11.8 Å². The Bertz CT molecular complexity index is 564. The van der Waals surface area contributed by atoms with Gasteiger partial charge in [-0.15, -0.1) is 0 Å². The molecule has 1 aromatic heterocycles. The van der Waals surface area contributed by atoms with Gasteiger partial charge in [0, 0.05) is 18.7 Å². The summed E-state index contributed by atoms with van der Waals surface area (Å²) in [6.45, 7) is 1.58. The van der Waals surface area contributed by atoms with E-state index in [4.69, 9.17) is 0 Å². The maximum atomic E-state index is 11.6. The van der Waals surface area contributed by atoms with Gasteiger partial charge in [0.05, 0.1) is 11.4 Å². The molecule has 0 atom stereocenters. The molecule has 5 nitrogen and oxygen atoms in total. The Morgan fingerprint density at radius 1 is 1.29 bits per heavy atom. The summed E-state index contributed by atoms with van der Waals surface area (Å²) in [5, 5.41) is 3.21. The first-order chi connectivity index (χ1) is 8.05. The summed E-state index contributed by atoms with van der Waals surface area (Å²) < 4.78 is 23.1. The average Bonchev–Trinajstić information content (AvgIpc) is 3.10. The van der Waals surface area contributed by atoms with Crippen molar-refractivity contribution in [3.8, 4) is 0 Å². The van der Waals surface area contributed by atoms with Gasteiger partial charge in [-0.1, -0.05) is 0 Å². The first-order valence-electron chi connectivity index (χ1n) is 5.86. The van der Waals surface area contributed by atoms with Crippen molar-refractivity contribution in [2.45, 2.75) is 36.9 Å². The second-order valence-corrected chi connectivity index (χ2v) is 6.70. The van der Waals surface area contributed by atoms with Crippen molar-refractivity contribution in [1.29, 1.82) is 0 Å². The third kappa shape index (κ3) is 2.07. The van der Waals surface area contributed by atoms with Crippen LogP contribution in [0.15, 0.2) is 5.16 Å². The van der Waals surface area contributed by atoms with Crippen LogP contribution in [0.5, 0.6) is 0 Å². The number of fused-ring (bicyclic) bond motifs is 1. The van der Waals surface area contributed by atoms with Crippen LogP contribution in [0, 0.1) is 0 Å². The Morgan fingerprint density at radius 2 is 2.06 bits per heavy atom. The molecule has 1 aliphatic heterocycles. The molecule has 17 heavy (non-hydrogen) atoms. The highest BCUT2D eigenvalue weighted by Gasteiger charge is 2.31. The Morgan fingerprint density at radius 3 is 2.71 bits per heavy atom. The van der Waals surface area contributed by atoms with Crippen LogP contribution < -0.4 is 5.32 Å². The highest BCUT2D eigenvalue weighted by atomic mass is 32.2. The van der Waals surface area contributed by atoms with Crippen LogP contribution in [0.3, 0.4) is 0 Å². The first-order valence-corrected chi connectivity index (χ1v) is 7.75. The third-order valence-corrected chi connectivity index (χ3v) is 4.09. The van der Waals surface area contributed by atoms with E-state index in [1.54, 1.807) is 0 Å². The molecule has 0 aromatic carbocycles. The first kappa shape index (κ1) is 11.1. The van der Waals surface area contributed by atoms with E-state index >= 15 is 0 Å². The van der Waals surface area contributed by atoms with E-state index in [9.17, 15) is 8.42 Å². The lowest BCUT2D eigenvalue weighted by Crippen LogP contribution is -2.27. The van der Waals surface area contributed by atoms with E-state index in [0.717, 1.165) is 37.2 Å². The molecule has 2 aliphatic rings. The van der Waals surface area contributed by atoms with Crippen LogP contribution in [-0.4, -0.2) is 31.2 Å². The van der Waals surface area contributed by atoms with Crippen LogP contribution in [0.25, 0.3) is 0 Å². The van der Waals surface area contributed by atoms with Crippen molar-refractivity contribution >= 4 is 9.84 Å².